The summed E-state index contributed by atoms with van der Waals surface area (Å²) in [6.07, 6.45) is 1.48. The van der Waals surface area contributed by atoms with Crippen molar-refractivity contribution in [3.05, 3.63) is 23.6 Å². The van der Waals surface area contributed by atoms with Crippen LogP contribution in [0.4, 0.5) is 10.5 Å². The number of aromatic nitrogens is 4. The molecule has 2 N–H and O–H groups in total. The highest BCUT2D eigenvalue weighted by molar-refractivity contribution is 5.90. The first kappa shape index (κ1) is 14.0. The Morgan fingerprint density at radius 3 is 2.85 bits per heavy atom. The molecule has 0 fully saturated rings. The lowest BCUT2D eigenvalue weighted by molar-refractivity contribution is 0.248. The lowest BCUT2D eigenvalue weighted by atomic mass is 10.3. The van der Waals surface area contributed by atoms with Gasteiger partial charge in [0.2, 0.25) is 0 Å². The maximum Gasteiger partial charge on any atom is 0.319 e. The van der Waals surface area contributed by atoms with Gasteiger partial charge in [-0.25, -0.2) is 14.5 Å². The van der Waals surface area contributed by atoms with Gasteiger partial charge >= 0.3 is 6.03 Å². The van der Waals surface area contributed by atoms with Gasteiger partial charge in [-0.15, -0.1) is 0 Å². The molecule has 0 saturated carbocycles. The van der Waals surface area contributed by atoms with Crippen molar-refractivity contribution in [2.45, 2.75) is 40.3 Å². The number of nitrogens with zero attached hydrogens (tertiary/aromatic N) is 4. The molecule has 20 heavy (non-hydrogen) atoms. The van der Waals surface area contributed by atoms with Gasteiger partial charge in [-0.2, -0.15) is 5.10 Å². The van der Waals surface area contributed by atoms with E-state index in [1.54, 1.807) is 18.5 Å². The summed E-state index contributed by atoms with van der Waals surface area (Å²) >= 11 is 0. The number of hydrogen-bond donors (Lipinski definition) is 2. The fraction of sp³-hybridized carbons (Fsp3) is 0.500. The zero-order chi connectivity index (χ0) is 14.7. The number of carbonyl (C=O) groups excluding carboxylic acids is 1. The van der Waals surface area contributed by atoms with Crippen molar-refractivity contribution in [2.24, 2.45) is 0 Å². The lowest BCUT2D eigenvalue weighted by Crippen LogP contribution is -2.33. The van der Waals surface area contributed by atoms with E-state index in [9.17, 15) is 4.79 Å². The van der Waals surface area contributed by atoms with Gasteiger partial charge in [0.05, 0.1) is 6.04 Å². The normalized spacial score (nSPS) is 12.2. The van der Waals surface area contributed by atoms with Crippen LogP contribution in [0.2, 0.25) is 0 Å². The van der Waals surface area contributed by atoms with Crippen LogP contribution >= 0.6 is 0 Å². The first-order valence-corrected chi connectivity index (χ1v) is 6.41. The summed E-state index contributed by atoms with van der Waals surface area (Å²) in [6, 6.07) is -0.588. The molecule has 2 aromatic heterocycles. The molecule has 108 valence electrons. The Labute approximate surface area is 116 Å². The average Bonchev–Trinajstić information content (AvgIpc) is 3.00. The third kappa shape index (κ3) is 2.79. The van der Waals surface area contributed by atoms with Crippen LogP contribution in [0, 0.1) is 13.8 Å². The van der Waals surface area contributed by atoms with Crippen LogP contribution in [0.3, 0.4) is 0 Å². The van der Waals surface area contributed by atoms with Crippen LogP contribution in [0.5, 0.6) is 0 Å². The standard InChI is InChI=1S/C12H18N6O2/c1-5-18-11(13-6-14-18)8(3)15-12(19)16-10-7(2)17-20-9(10)4/h6,8H,5H2,1-4H3,(H2,15,16,19)/t8-/m1/s1. The number of nitrogens with one attached hydrogen (secondary N) is 2. The molecule has 0 aliphatic heterocycles. The molecule has 2 aromatic rings. The minimum Gasteiger partial charge on any atom is -0.359 e. The summed E-state index contributed by atoms with van der Waals surface area (Å²) in [5, 5.41) is 13.4. The van der Waals surface area contributed by atoms with E-state index in [2.05, 4.69) is 25.9 Å². The first-order valence-electron chi connectivity index (χ1n) is 6.41. The van der Waals surface area contributed by atoms with Crippen molar-refractivity contribution in [3.63, 3.8) is 0 Å². The predicted octanol–water partition coefficient (Wildman–Crippen LogP) is 1.79. The van der Waals surface area contributed by atoms with E-state index in [1.807, 2.05) is 13.8 Å². The van der Waals surface area contributed by atoms with Gasteiger partial charge < -0.3 is 15.2 Å². The molecule has 0 bridgehead atoms. The summed E-state index contributed by atoms with van der Waals surface area (Å²) in [4.78, 5) is 16.1. The summed E-state index contributed by atoms with van der Waals surface area (Å²) in [5.41, 5.74) is 1.23. The van der Waals surface area contributed by atoms with Gasteiger partial charge in [-0.05, 0) is 27.7 Å². The fourth-order valence-corrected chi connectivity index (χ4v) is 1.92. The summed E-state index contributed by atoms with van der Waals surface area (Å²) in [6.45, 7) is 8.03. The van der Waals surface area contributed by atoms with Gasteiger partial charge in [0, 0.05) is 6.54 Å². The number of aryl methyl sites for hydroxylation is 3. The van der Waals surface area contributed by atoms with Crippen molar-refractivity contribution < 1.29 is 9.32 Å². The lowest BCUT2D eigenvalue weighted by Gasteiger charge is -2.14. The largest absolute Gasteiger partial charge is 0.359 e. The SMILES string of the molecule is CCn1ncnc1[C@@H](C)NC(=O)Nc1c(C)noc1C. The van der Waals surface area contributed by atoms with E-state index in [4.69, 9.17) is 4.52 Å². The van der Waals surface area contributed by atoms with Crippen LogP contribution in [0.1, 0.15) is 37.2 Å². The van der Waals surface area contributed by atoms with Crippen LogP contribution in [-0.4, -0.2) is 26.0 Å². The first-order chi connectivity index (χ1) is 9.52. The molecule has 0 spiro atoms. The second-order valence-electron chi connectivity index (χ2n) is 4.45. The fourth-order valence-electron chi connectivity index (χ4n) is 1.92. The van der Waals surface area contributed by atoms with Crippen molar-refractivity contribution >= 4 is 11.7 Å². The second-order valence-corrected chi connectivity index (χ2v) is 4.45. The molecular formula is C12H18N6O2. The molecular weight excluding hydrogens is 260 g/mol. The molecule has 0 aliphatic carbocycles. The van der Waals surface area contributed by atoms with Gasteiger partial charge in [-0.3, -0.25) is 0 Å². The number of hydrogen-bond acceptors (Lipinski definition) is 5. The molecule has 0 unspecified atom stereocenters. The third-order valence-corrected chi connectivity index (χ3v) is 2.95. The van der Waals surface area contributed by atoms with E-state index in [0.29, 0.717) is 29.5 Å². The van der Waals surface area contributed by atoms with Crippen molar-refractivity contribution in [2.75, 3.05) is 5.32 Å². The summed E-state index contributed by atoms with van der Waals surface area (Å²) < 4.78 is 6.73. The highest BCUT2D eigenvalue weighted by Gasteiger charge is 2.17. The number of urea groups is 1. The maximum absolute atomic E-state index is 12.0. The molecule has 0 aliphatic rings. The van der Waals surface area contributed by atoms with Crippen LogP contribution in [0.15, 0.2) is 10.9 Å². The monoisotopic (exact) mass is 278 g/mol. The molecule has 8 heteroatoms. The second kappa shape index (κ2) is 5.72. The van der Waals surface area contributed by atoms with Gasteiger partial charge in [-0.1, -0.05) is 5.16 Å². The van der Waals surface area contributed by atoms with E-state index in [0.717, 1.165) is 0 Å². The van der Waals surface area contributed by atoms with Crippen molar-refractivity contribution in [1.29, 1.82) is 0 Å². The zero-order valence-electron chi connectivity index (χ0n) is 12.0. The van der Waals surface area contributed by atoms with Gasteiger partial charge in [0.15, 0.2) is 5.76 Å². The maximum atomic E-state index is 12.0. The molecule has 0 saturated heterocycles. The Morgan fingerprint density at radius 2 is 2.25 bits per heavy atom. The van der Waals surface area contributed by atoms with E-state index in [1.165, 1.54) is 6.33 Å². The summed E-state index contributed by atoms with van der Waals surface area (Å²) in [7, 11) is 0. The van der Waals surface area contributed by atoms with Gasteiger partial charge in [0.25, 0.3) is 0 Å². The minimum atomic E-state index is -0.336. The molecule has 0 radical (unpaired) electrons. The van der Waals surface area contributed by atoms with E-state index in [-0.39, 0.29) is 12.1 Å². The number of anilines is 1. The van der Waals surface area contributed by atoms with E-state index < -0.39 is 0 Å². The topological polar surface area (TPSA) is 97.9 Å². The predicted molar refractivity (Wildman–Crippen MR) is 72.2 cm³/mol. The van der Waals surface area contributed by atoms with Crippen LogP contribution < -0.4 is 10.6 Å². The Bertz CT molecular complexity index is 583. The van der Waals surface area contributed by atoms with Gasteiger partial charge in [0.1, 0.15) is 23.5 Å². The summed E-state index contributed by atoms with van der Waals surface area (Å²) in [5.74, 6) is 1.28. The molecule has 2 amide bonds. The number of rotatable bonds is 4. The Kier molecular flexibility index (Phi) is 4.02. The minimum absolute atomic E-state index is 0.252. The van der Waals surface area contributed by atoms with E-state index >= 15 is 0 Å². The van der Waals surface area contributed by atoms with Crippen molar-refractivity contribution in [3.8, 4) is 0 Å². The average molecular weight is 278 g/mol. The molecule has 2 heterocycles. The quantitative estimate of drug-likeness (QED) is 0.888. The smallest absolute Gasteiger partial charge is 0.319 e. The molecule has 2 rings (SSSR count). The Hall–Kier alpha value is -2.38. The van der Waals surface area contributed by atoms with Crippen LogP contribution in [-0.2, 0) is 6.54 Å². The Morgan fingerprint density at radius 1 is 1.50 bits per heavy atom. The molecule has 0 aromatic carbocycles. The Balaban J connectivity index is 2.01. The third-order valence-electron chi connectivity index (χ3n) is 2.95. The molecule has 8 nitrogen and oxygen atoms in total. The van der Waals surface area contributed by atoms with Crippen molar-refractivity contribution in [1.82, 2.24) is 25.2 Å². The number of carbonyl (C=O) groups is 1. The highest BCUT2D eigenvalue weighted by atomic mass is 16.5. The molecule has 1 atom stereocenters. The zero-order valence-corrected chi connectivity index (χ0v) is 12.0. The van der Waals surface area contributed by atoms with Crippen LogP contribution in [0.25, 0.3) is 0 Å². The number of amides is 2. The highest BCUT2D eigenvalue weighted by Crippen LogP contribution is 2.18.